The van der Waals surface area contributed by atoms with Gasteiger partial charge in [0.05, 0.1) is 5.56 Å². The van der Waals surface area contributed by atoms with Crippen LogP contribution in [-0.2, 0) is 0 Å². The lowest BCUT2D eigenvalue weighted by atomic mass is 9.89. The van der Waals surface area contributed by atoms with Gasteiger partial charge in [0, 0.05) is 40.8 Å². The van der Waals surface area contributed by atoms with Crippen molar-refractivity contribution in [1.82, 2.24) is 9.80 Å². The first-order valence-corrected chi connectivity index (χ1v) is 12.4. The molecule has 5 rings (SSSR count). The van der Waals surface area contributed by atoms with E-state index in [4.69, 9.17) is 12.2 Å². The Balaban J connectivity index is 1.51. The Morgan fingerprint density at radius 1 is 0.923 bits per heavy atom. The average molecular weight is 553 g/mol. The number of thiocarbonyl (C=S) groups is 1. The zero-order valence-corrected chi connectivity index (χ0v) is 21.7. The number of carbonyl (C=O) groups is 2. The van der Waals surface area contributed by atoms with E-state index in [1.54, 1.807) is 18.2 Å². The fraction of sp³-hybridized carbons (Fsp3) is 0.179. The van der Waals surface area contributed by atoms with Gasteiger partial charge in [0.1, 0.15) is 5.75 Å². The third-order valence-corrected chi connectivity index (χ3v) is 6.51. The van der Waals surface area contributed by atoms with Gasteiger partial charge in [-0.3, -0.25) is 14.5 Å². The Hall–Kier alpha value is -4.22. The maximum absolute atomic E-state index is 13.8. The van der Waals surface area contributed by atoms with Crippen LogP contribution in [0.1, 0.15) is 20.7 Å². The van der Waals surface area contributed by atoms with Crippen molar-refractivity contribution < 1.29 is 27.5 Å². The van der Waals surface area contributed by atoms with Gasteiger partial charge in [-0.15, -0.1) is 13.2 Å². The average Bonchev–Trinajstić information content (AvgIpc) is 2.86. The molecule has 4 aromatic rings. The summed E-state index contributed by atoms with van der Waals surface area (Å²) in [4.78, 5) is 30.3. The fourth-order valence-corrected chi connectivity index (χ4v) is 4.86. The number of hydrogen-bond acceptors (Lipinski definition) is 5. The van der Waals surface area contributed by atoms with Crippen molar-refractivity contribution in [2.24, 2.45) is 0 Å². The van der Waals surface area contributed by atoms with Crippen molar-refractivity contribution in [2.75, 3.05) is 37.8 Å². The minimum atomic E-state index is -4.78. The van der Waals surface area contributed by atoms with Gasteiger partial charge in [-0.05, 0) is 79.6 Å². The number of hydrogen-bond donors (Lipinski definition) is 2. The van der Waals surface area contributed by atoms with Crippen molar-refractivity contribution in [1.29, 1.82) is 0 Å². The van der Waals surface area contributed by atoms with Crippen LogP contribution in [0.2, 0.25) is 0 Å². The first kappa shape index (κ1) is 26.4. The lowest BCUT2D eigenvalue weighted by Gasteiger charge is -2.29. The number of halogens is 3. The van der Waals surface area contributed by atoms with Crippen LogP contribution in [0.15, 0.2) is 66.7 Å². The largest absolute Gasteiger partial charge is 0.573 e. The van der Waals surface area contributed by atoms with Gasteiger partial charge >= 0.3 is 6.36 Å². The molecule has 0 saturated heterocycles. The van der Waals surface area contributed by atoms with Crippen LogP contribution in [0.4, 0.5) is 24.5 Å². The molecule has 0 radical (unpaired) electrons. The molecular formula is C28H23F3N4O3S. The molecule has 11 heteroatoms. The standard InChI is InChI=1S/C28H23F3N4O3S/c1-34(2)13-14-35-25(36)20-7-3-5-16-15-17-6-4-8-21(23(17)24(22(16)20)26(35)37)33-27(39)32-18-9-11-19(12-10-18)38-28(29,30)31/h3-12,15H,13-14H2,1-2H3,(H2,32,33,39). The maximum Gasteiger partial charge on any atom is 0.573 e. The zero-order chi connectivity index (χ0) is 27.9. The molecule has 2 N–H and O–H groups in total. The zero-order valence-electron chi connectivity index (χ0n) is 20.9. The summed E-state index contributed by atoms with van der Waals surface area (Å²) in [6, 6.07) is 18.0. The molecule has 0 spiro atoms. The van der Waals surface area contributed by atoms with E-state index in [9.17, 15) is 22.8 Å². The Kier molecular flexibility index (Phi) is 6.87. The molecule has 7 nitrogen and oxygen atoms in total. The summed E-state index contributed by atoms with van der Waals surface area (Å²) in [5.41, 5.74) is 1.85. The smallest absolute Gasteiger partial charge is 0.406 e. The second-order valence-electron chi connectivity index (χ2n) is 9.28. The summed E-state index contributed by atoms with van der Waals surface area (Å²) < 4.78 is 41.2. The number of rotatable bonds is 6. The van der Waals surface area contributed by atoms with Crippen LogP contribution in [0, 0.1) is 0 Å². The monoisotopic (exact) mass is 552 g/mol. The number of likely N-dealkylation sites (N-methyl/N-ethyl adjacent to an activating group) is 1. The molecule has 2 amide bonds. The summed E-state index contributed by atoms with van der Waals surface area (Å²) in [6.45, 7) is 0.750. The molecule has 1 aliphatic heterocycles. The Morgan fingerprint density at radius 2 is 1.59 bits per heavy atom. The predicted octanol–water partition coefficient (Wildman–Crippen LogP) is 5.86. The number of alkyl halides is 3. The van der Waals surface area contributed by atoms with E-state index in [0.29, 0.717) is 39.8 Å². The molecule has 0 fully saturated rings. The highest BCUT2D eigenvalue weighted by Gasteiger charge is 2.35. The van der Waals surface area contributed by atoms with Crippen molar-refractivity contribution in [3.63, 3.8) is 0 Å². The van der Waals surface area contributed by atoms with Gasteiger partial charge in [-0.2, -0.15) is 0 Å². The van der Waals surface area contributed by atoms with Crippen LogP contribution < -0.4 is 15.4 Å². The van der Waals surface area contributed by atoms with Gasteiger partial charge < -0.3 is 20.3 Å². The van der Waals surface area contributed by atoms with E-state index in [-0.39, 0.29) is 29.2 Å². The first-order valence-electron chi connectivity index (χ1n) is 11.9. The van der Waals surface area contributed by atoms with E-state index >= 15 is 0 Å². The third kappa shape index (κ3) is 5.36. The second kappa shape index (κ2) is 10.2. The number of amides is 2. The molecule has 0 bridgehead atoms. The Labute approximate surface area is 227 Å². The van der Waals surface area contributed by atoms with Crippen molar-refractivity contribution in [2.45, 2.75) is 6.36 Å². The number of benzene rings is 4. The highest BCUT2D eigenvalue weighted by Crippen LogP contribution is 2.39. The summed E-state index contributed by atoms with van der Waals surface area (Å²) in [5.74, 6) is -1.07. The van der Waals surface area contributed by atoms with E-state index in [2.05, 4.69) is 15.4 Å². The molecule has 1 heterocycles. The Morgan fingerprint density at radius 3 is 2.26 bits per heavy atom. The summed E-state index contributed by atoms with van der Waals surface area (Å²) >= 11 is 5.47. The molecule has 0 aromatic heterocycles. The van der Waals surface area contributed by atoms with Gasteiger partial charge in [-0.1, -0.05) is 24.3 Å². The predicted molar refractivity (Wildman–Crippen MR) is 148 cm³/mol. The van der Waals surface area contributed by atoms with Crippen molar-refractivity contribution in [3.05, 3.63) is 77.9 Å². The molecule has 39 heavy (non-hydrogen) atoms. The molecular weight excluding hydrogens is 529 g/mol. The number of nitrogens with one attached hydrogen (secondary N) is 2. The minimum absolute atomic E-state index is 0.163. The van der Waals surface area contributed by atoms with Crippen LogP contribution >= 0.6 is 12.2 Å². The highest BCUT2D eigenvalue weighted by atomic mass is 32.1. The molecule has 0 atom stereocenters. The van der Waals surface area contributed by atoms with Crippen LogP contribution in [-0.4, -0.2) is 60.3 Å². The van der Waals surface area contributed by atoms with Gasteiger partial charge in [0.15, 0.2) is 5.11 Å². The topological polar surface area (TPSA) is 73.9 Å². The number of imide groups is 1. The molecule has 0 unspecified atom stereocenters. The van der Waals surface area contributed by atoms with E-state index in [0.717, 1.165) is 10.8 Å². The number of anilines is 2. The summed E-state index contributed by atoms with van der Waals surface area (Å²) in [6.07, 6.45) is -4.78. The number of carbonyl (C=O) groups excluding carboxylic acids is 2. The number of fused-ring (bicyclic) bond motifs is 2. The van der Waals surface area contributed by atoms with Crippen LogP contribution in [0.25, 0.3) is 21.5 Å². The number of nitrogens with zero attached hydrogens (tertiary/aromatic N) is 2. The van der Waals surface area contributed by atoms with Crippen molar-refractivity contribution in [3.8, 4) is 5.75 Å². The molecule has 0 saturated carbocycles. The van der Waals surface area contributed by atoms with Crippen LogP contribution in [0.5, 0.6) is 5.75 Å². The lowest BCUT2D eigenvalue weighted by molar-refractivity contribution is -0.274. The second-order valence-corrected chi connectivity index (χ2v) is 9.68. The van der Waals surface area contributed by atoms with Crippen LogP contribution in [0.3, 0.4) is 0 Å². The van der Waals surface area contributed by atoms with E-state index in [1.165, 1.54) is 29.2 Å². The van der Waals surface area contributed by atoms with Gasteiger partial charge in [0.25, 0.3) is 11.8 Å². The lowest BCUT2D eigenvalue weighted by Crippen LogP contribution is -2.43. The normalized spacial score (nSPS) is 13.3. The molecule has 1 aliphatic rings. The molecule has 4 aromatic carbocycles. The highest BCUT2D eigenvalue weighted by molar-refractivity contribution is 7.80. The minimum Gasteiger partial charge on any atom is -0.406 e. The summed E-state index contributed by atoms with van der Waals surface area (Å²) in [7, 11) is 3.74. The quantitative estimate of drug-likeness (QED) is 0.176. The maximum atomic E-state index is 13.8. The molecule has 200 valence electrons. The fourth-order valence-electron chi connectivity index (χ4n) is 4.63. The first-order chi connectivity index (χ1) is 18.5. The van der Waals surface area contributed by atoms with E-state index < -0.39 is 6.36 Å². The summed E-state index contributed by atoms with van der Waals surface area (Å²) in [5, 5.41) is 8.98. The molecule has 0 aliphatic carbocycles. The third-order valence-electron chi connectivity index (χ3n) is 6.30. The van der Waals surface area contributed by atoms with Crippen molar-refractivity contribution >= 4 is 62.1 Å². The number of ether oxygens (including phenoxy) is 1. The SMILES string of the molecule is CN(C)CCN1C(=O)c2cccc3cc4cccc(NC(=S)Nc5ccc(OC(F)(F)F)cc5)c4c(c23)C1=O. The van der Waals surface area contributed by atoms with E-state index in [1.807, 2.05) is 43.3 Å². The van der Waals surface area contributed by atoms with Gasteiger partial charge in [-0.25, -0.2) is 0 Å². The Bertz CT molecular complexity index is 1620. The van der Waals surface area contributed by atoms with Gasteiger partial charge in [0.2, 0.25) is 0 Å².